The van der Waals surface area contributed by atoms with Gasteiger partial charge in [0.05, 0.1) is 29.7 Å². The highest BCUT2D eigenvalue weighted by Gasteiger charge is 2.23. The van der Waals surface area contributed by atoms with Crippen molar-refractivity contribution in [1.29, 1.82) is 0 Å². The maximum absolute atomic E-state index is 14.2. The van der Waals surface area contributed by atoms with Gasteiger partial charge < -0.3 is 5.32 Å². The number of pyridine rings is 1. The van der Waals surface area contributed by atoms with Gasteiger partial charge in [-0.3, -0.25) is 14.6 Å². The normalized spacial score (nSPS) is 13.6. The zero-order chi connectivity index (χ0) is 17.1. The van der Waals surface area contributed by atoms with Crippen molar-refractivity contribution in [3.05, 3.63) is 51.4 Å². The van der Waals surface area contributed by atoms with E-state index in [9.17, 15) is 13.6 Å². The second kappa shape index (κ2) is 7.39. The number of hydrogen-bond donors (Lipinski definition) is 2. The Balaban J connectivity index is 1.82. The third-order valence-corrected chi connectivity index (χ3v) is 4.08. The van der Waals surface area contributed by atoms with Gasteiger partial charge in [0.25, 0.3) is 5.91 Å². The molecule has 1 heterocycles. The molecule has 0 spiro atoms. The van der Waals surface area contributed by atoms with Gasteiger partial charge in [-0.05, 0) is 59.5 Å². The maximum Gasteiger partial charge on any atom is 0.277 e. The summed E-state index contributed by atoms with van der Waals surface area (Å²) in [6.07, 6.45) is 5.23. The molecule has 2 aromatic rings. The average Bonchev–Trinajstić information content (AvgIpc) is 3.36. The largest absolute Gasteiger partial charge is 0.351 e. The van der Waals surface area contributed by atoms with Gasteiger partial charge in [-0.25, -0.2) is 14.3 Å². The van der Waals surface area contributed by atoms with E-state index in [1.165, 1.54) is 12.3 Å². The third kappa shape index (κ3) is 4.18. The number of halogens is 3. The molecule has 0 unspecified atom stereocenters. The van der Waals surface area contributed by atoms with E-state index >= 15 is 0 Å². The molecular formula is C16H14F2IN3O2. The van der Waals surface area contributed by atoms with Crippen molar-refractivity contribution in [3.8, 4) is 0 Å². The number of hydrogen-bond acceptors (Lipinski definition) is 4. The molecule has 1 saturated carbocycles. The number of benzene rings is 1. The minimum Gasteiger partial charge on any atom is -0.351 e. The number of rotatable bonds is 6. The first-order valence-corrected chi connectivity index (χ1v) is 8.40. The lowest BCUT2D eigenvalue weighted by atomic mass is 10.1. The van der Waals surface area contributed by atoms with Crippen LogP contribution in [-0.2, 0) is 4.84 Å². The van der Waals surface area contributed by atoms with Crippen LogP contribution in [0.1, 0.15) is 23.2 Å². The summed E-state index contributed by atoms with van der Waals surface area (Å²) >= 11 is 2.05. The van der Waals surface area contributed by atoms with Crippen molar-refractivity contribution in [3.63, 3.8) is 0 Å². The van der Waals surface area contributed by atoms with E-state index in [0.29, 0.717) is 18.2 Å². The summed E-state index contributed by atoms with van der Waals surface area (Å²) in [5.41, 5.74) is 2.40. The fourth-order valence-electron chi connectivity index (χ4n) is 2.05. The first kappa shape index (κ1) is 17.0. The topological polar surface area (TPSA) is 63.2 Å². The molecule has 0 saturated heterocycles. The summed E-state index contributed by atoms with van der Waals surface area (Å²) in [6.45, 7) is 0.416. The van der Waals surface area contributed by atoms with Gasteiger partial charge in [-0.15, -0.1) is 0 Å². The van der Waals surface area contributed by atoms with E-state index in [1.807, 2.05) is 22.6 Å². The maximum atomic E-state index is 14.2. The second-order valence-electron chi connectivity index (χ2n) is 5.49. The molecular weight excluding hydrogens is 431 g/mol. The smallest absolute Gasteiger partial charge is 0.277 e. The summed E-state index contributed by atoms with van der Waals surface area (Å²) in [5, 5.41) is 2.72. The molecule has 0 atom stereocenters. The summed E-state index contributed by atoms with van der Waals surface area (Å²) in [6, 6.07) is 3.81. The highest BCUT2D eigenvalue weighted by atomic mass is 127. The molecule has 0 aliphatic heterocycles. The van der Waals surface area contributed by atoms with E-state index < -0.39 is 17.5 Å². The van der Waals surface area contributed by atoms with Crippen LogP contribution in [0.2, 0.25) is 0 Å². The zero-order valence-electron chi connectivity index (χ0n) is 12.5. The van der Waals surface area contributed by atoms with Crippen molar-refractivity contribution in [2.75, 3.05) is 11.9 Å². The van der Waals surface area contributed by atoms with E-state index in [1.54, 1.807) is 12.3 Å². The lowest BCUT2D eigenvalue weighted by Crippen LogP contribution is -2.26. The van der Waals surface area contributed by atoms with Gasteiger partial charge >= 0.3 is 0 Å². The third-order valence-electron chi connectivity index (χ3n) is 3.49. The van der Waals surface area contributed by atoms with E-state index in [-0.39, 0.29) is 11.3 Å². The predicted molar refractivity (Wildman–Crippen MR) is 92.7 cm³/mol. The van der Waals surface area contributed by atoms with Crippen LogP contribution in [-0.4, -0.2) is 17.5 Å². The Labute approximate surface area is 150 Å². The van der Waals surface area contributed by atoms with Crippen LogP contribution in [0.4, 0.5) is 20.2 Å². The lowest BCUT2D eigenvalue weighted by molar-refractivity contribution is 0.0270. The van der Waals surface area contributed by atoms with E-state index in [4.69, 9.17) is 4.84 Å². The van der Waals surface area contributed by atoms with Crippen LogP contribution in [0.25, 0.3) is 0 Å². The van der Waals surface area contributed by atoms with Crippen LogP contribution < -0.4 is 10.8 Å². The van der Waals surface area contributed by atoms with Gasteiger partial charge in [0, 0.05) is 9.77 Å². The fraction of sp³-hybridized carbons (Fsp3) is 0.250. The molecule has 3 rings (SSSR count). The number of aromatic nitrogens is 1. The summed E-state index contributed by atoms with van der Waals surface area (Å²) < 4.78 is 28.6. The minimum atomic E-state index is -1.14. The number of hydroxylamine groups is 1. The van der Waals surface area contributed by atoms with Gasteiger partial charge in [-0.2, -0.15) is 0 Å². The second-order valence-corrected chi connectivity index (χ2v) is 6.73. The predicted octanol–water partition coefficient (Wildman–Crippen LogP) is 3.78. The van der Waals surface area contributed by atoms with E-state index in [0.717, 1.165) is 22.5 Å². The molecule has 5 nitrogen and oxygen atoms in total. The first-order chi connectivity index (χ1) is 11.5. The Kier molecular flexibility index (Phi) is 5.24. The minimum absolute atomic E-state index is 0.0523. The fourth-order valence-corrected chi connectivity index (χ4v) is 2.55. The number of anilines is 2. The number of carbonyl (C=O) groups excluding carboxylic acids is 1. The highest BCUT2D eigenvalue weighted by Crippen LogP contribution is 2.29. The molecule has 1 amide bonds. The van der Waals surface area contributed by atoms with Crippen molar-refractivity contribution < 1.29 is 18.4 Å². The Morgan fingerprint density at radius 2 is 2.12 bits per heavy atom. The van der Waals surface area contributed by atoms with Crippen LogP contribution in [0.5, 0.6) is 0 Å². The zero-order valence-corrected chi connectivity index (χ0v) is 14.6. The quantitative estimate of drug-likeness (QED) is 0.525. The molecule has 1 aliphatic rings. The monoisotopic (exact) mass is 445 g/mol. The van der Waals surface area contributed by atoms with E-state index in [2.05, 4.69) is 15.8 Å². The van der Waals surface area contributed by atoms with Gasteiger partial charge in [0.1, 0.15) is 0 Å². The van der Waals surface area contributed by atoms with Crippen molar-refractivity contribution >= 4 is 39.9 Å². The standard InChI is InChI=1S/C16H14F2IN3O2/c17-13-4-3-12(16(23)22-24-8-9-1-2-9)15(14(13)18)21-11-5-10(19)6-20-7-11/h3-7,9,21H,1-2,8H2,(H,22,23). The Morgan fingerprint density at radius 3 is 2.83 bits per heavy atom. The lowest BCUT2D eigenvalue weighted by Gasteiger charge is -2.13. The highest BCUT2D eigenvalue weighted by molar-refractivity contribution is 14.1. The van der Waals surface area contributed by atoms with Gasteiger partial charge in [0.15, 0.2) is 11.6 Å². The Morgan fingerprint density at radius 1 is 1.33 bits per heavy atom. The molecule has 1 aromatic carbocycles. The molecule has 2 N–H and O–H groups in total. The van der Waals surface area contributed by atoms with Gasteiger partial charge in [-0.1, -0.05) is 0 Å². The molecule has 24 heavy (non-hydrogen) atoms. The molecule has 8 heteroatoms. The van der Waals surface area contributed by atoms with Crippen molar-refractivity contribution in [2.24, 2.45) is 5.92 Å². The number of nitrogens with zero attached hydrogens (tertiary/aromatic N) is 1. The van der Waals surface area contributed by atoms with Crippen LogP contribution in [0.15, 0.2) is 30.6 Å². The number of amides is 1. The van der Waals surface area contributed by atoms with Crippen LogP contribution in [0.3, 0.4) is 0 Å². The average molecular weight is 445 g/mol. The first-order valence-electron chi connectivity index (χ1n) is 7.32. The SMILES string of the molecule is O=C(NOCC1CC1)c1ccc(F)c(F)c1Nc1cncc(I)c1. The number of carbonyl (C=O) groups is 1. The molecule has 0 radical (unpaired) electrons. The summed E-state index contributed by atoms with van der Waals surface area (Å²) in [4.78, 5) is 21.3. The number of nitrogens with one attached hydrogen (secondary N) is 2. The van der Waals surface area contributed by atoms with Crippen LogP contribution in [0, 0.1) is 21.1 Å². The van der Waals surface area contributed by atoms with Crippen molar-refractivity contribution in [1.82, 2.24) is 10.5 Å². The van der Waals surface area contributed by atoms with Gasteiger partial charge in [0.2, 0.25) is 0 Å². The summed E-state index contributed by atoms with van der Waals surface area (Å²) in [7, 11) is 0. The molecule has 0 bridgehead atoms. The molecule has 1 aromatic heterocycles. The molecule has 1 fully saturated rings. The molecule has 1 aliphatic carbocycles. The Bertz CT molecular complexity index is 769. The van der Waals surface area contributed by atoms with Crippen molar-refractivity contribution in [2.45, 2.75) is 12.8 Å². The Hall–Kier alpha value is -1.81. The summed E-state index contributed by atoms with van der Waals surface area (Å²) in [5.74, 6) is -2.36. The van der Waals surface area contributed by atoms with Crippen LogP contribution >= 0.6 is 22.6 Å². The molecule has 126 valence electrons.